The number of methoxy groups -OCH3 is 1. The number of aromatic hydroxyl groups is 2. The quantitative estimate of drug-likeness (QED) is 0.268. The first-order valence-electron chi connectivity index (χ1n) is 12.0. The van der Waals surface area contributed by atoms with Crippen LogP contribution in [-0.2, 0) is 0 Å². The number of phenols is 2. The number of allylic oxidation sites excluding steroid dienone is 2. The number of rotatable bonds is 3. The third-order valence-corrected chi connectivity index (χ3v) is 7.44. The minimum absolute atomic E-state index is 0.0114. The van der Waals surface area contributed by atoms with Crippen molar-refractivity contribution in [2.45, 2.75) is 31.3 Å². The molecule has 0 saturated carbocycles. The van der Waals surface area contributed by atoms with Gasteiger partial charge in [-0.3, -0.25) is 0 Å². The number of hydrogen-bond acceptors (Lipinski definition) is 6. The highest BCUT2D eigenvalue weighted by Crippen LogP contribution is 2.58. The maximum atomic E-state index is 11.9. The molecule has 1 aromatic heterocycles. The third kappa shape index (κ3) is 3.70. The van der Waals surface area contributed by atoms with E-state index in [0.29, 0.717) is 17.1 Å². The molecular weight excluding hydrogens is 456 g/mol. The number of hydrogen-bond donors (Lipinski definition) is 2. The lowest BCUT2D eigenvalue weighted by molar-refractivity contribution is 0.0776. The SMILES string of the molecule is COc1cc(O)ccc1[C@H]1Oc2cc3oc(=O)ccc3cc2[C@@H]2C=C(C)C[C@@H](c3ccc(O)cc3)[C@H]12. The summed E-state index contributed by atoms with van der Waals surface area (Å²) < 4.78 is 17.8. The highest BCUT2D eigenvalue weighted by molar-refractivity contribution is 5.80. The van der Waals surface area contributed by atoms with Crippen LogP contribution in [0.3, 0.4) is 0 Å². The maximum absolute atomic E-state index is 11.9. The molecule has 1 aliphatic heterocycles. The molecule has 0 unspecified atom stereocenters. The van der Waals surface area contributed by atoms with Gasteiger partial charge in [0.2, 0.25) is 0 Å². The summed E-state index contributed by atoms with van der Waals surface area (Å²) in [5.74, 6) is 1.71. The van der Waals surface area contributed by atoms with E-state index in [2.05, 4.69) is 19.1 Å². The first-order valence-corrected chi connectivity index (χ1v) is 12.0. The van der Waals surface area contributed by atoms with E-state index in [0.717, 1.165) is 28.5 Å². The second-order valence-corrected chi connectivity index (χ2v) is 9.67. The molecule has 2 heterocycles. The lowest BCUT2D eigenvalue weighted by atomic mass is 9.64. The van der Waals surface area contributed by atoms with Crippen molar-refractivity contribution in [3.63, 3.8) is 0 Å². The lowest BCUT2D eigenvalue weighted by Gasteiger charge is -2.46. The van der Waals surface area contributed by atoms with Crippen LogP contribution in [0.2, 0.25) is 0 Å². The lowest BCUT2D eigenvalue weighted by Crippen LogP contribution is -2.36. The number of fused-ring (bicyclic) bond motifs is 4. The molecular formula is C30H26O6. The monoisotopic (exact) mass is 482 g/mol. The summed E-state index contributed by atoms with van der Waals surface area (Å²) in [6, 6.07) is 19.6. The normalized spacial score (nSPS) is 22.8. The van der Waals surface area contributed by atoms with Crippen LogP contribution in [0.5, 0.6) is 23.0 Å². The van der Waals surface area contributed by atoms with Crippen molar-refractivity contribution in [1.29, 1.82) is 0 Å². The van der Waals surface area contributed by atoms with Crippen LogP contribution in [0.4, 0.5) is 0 Å². The Kier molecular flexibility index (Phi) is 5.25. The van der Waals surface area contributed by atoms with Gasteiger partial charge in [-0.25, -0.2) is 4.79 Å². The molecule has 4 aromatic rings. The van der Waals surface area contributed by atoms with Gasteiger partial charge in [0, 0.05) is 46.5 Å². The Morgan fingerprint density at radius 3 is 2.47 bits per heavy atom. The predicted octanol–water partition coefficient (Wildman–Crippen LogP) is 6.18. The van der Waals surface area contributed by atoms with Crippen LogP contribution in [0.1, 0.15) is 48.0 Å². The molecule has 0 saturated heterocycles. The van der Waals surface area contributed by atoms with Crippen molar-refractivity contribution in [2.24, 2.45) is 5.92 Å². The summed E-state index contributed by atoms with van der Waals surface area (Å²) in [5.41, 5.74) is 4.34. The van der Waals surface area contributed by atoms with Crippen LogP contribution in [-0.4, -0.2) is 17.3 Å². The Labute approximate surface area is 208 Å². The molecule has 0 amide bonds. The molecule has 36 heavy (non-hydrogen) atoms. The summed E-state index contributed by atoms with van der Waals surface area (Å²) in [6.45, 7) is 2.15. The summed E-state index contributed by atoms with van der Waals surface area (Å²) in [4.78, 5) is 11.9. The molecule has 3 aromatic carbocycles. The topological polar surface area (TPSA) is 89.1 Å². The first-order chi connectivity index (χ1) is 17.4. The molecule has 0 spiro atoms. The molecule has 182 valence electrons. The van der Waals surface area contributed by atoms with Crippen molar-refractivity contribution in [3.8, 4) is 23.0 Å². The van der Waals surface area contributed by atoms with Gasteiger partial charge in [0.15, 0.2) is 0 Å². The molecule has 6 nitrogen and oxygen atoms in total. The fourth-order valence-corrected chi connectivity index (χ4v) is 5.87. The van der Waals surface area contributed by atoms with Crippen molar-refractivity contribution >= 4 is 11.0 Å². The van der Waals surface area contributed by atoms with Crippen molar-refractivity contribution < 1.29 is 24.1 Å². The minimum Gasteiger partial charge on any atom is -0.508 e. The van der Waals surface area contributed by atoms with Crippen LogP contribution in [0.25, 0.3) is 11.0 Å². The standard InChI is InChI=1S/C30H26O6/c1-16-11-22(17-3-6-19(31)7-4-17)29-24(12-16)23-13-18-5-10-28(33)35-25(18)15-27(23)36-30(29)21-9-8-20(32)14-26(21)34-2/h3-10,12-15,22,24,29-32H,11H2,1-2H3/t22-,24-,29-,30+/m0/s1. The second kappa shape index (κ2) is 8.48. The largest absolute Gasteiger partial charge is 0.508 e. The molecule has 2 aliphatic rings. The third-order valence-electron chi connectivity index (χ3n) is 7.44. The summed E-state index contributed by atoms with van der Waals surface area (Å²) in [5, 5.41) is 20.8. The van der Waals surface area contributed by atoms with Crippen LogP contribution < -0.4 is 15.1 Å². The van der Waals surface area contributed by atoms with E-state index in [1.54, 1.807) is 43.5 Å². The molecule has 1 aliphatic carbocycles. The smallest absolute Gasteiger partial charge is 0.336 e. The van der Waals surface area contributed by atoms with Gasteiger partial charge in [0.05, 0.1) is 7.11 Å². The Hall–Kier alpha value is -4.19. The number of phenolic OH excluding ortho intramolecular Hbond substituents is 2. The van der Waals surface area contributed by atoms with Gasteiger partial charge < -0.3 is 24.1 Å². The zero-order valence-corrected chi connectivity index (χ0v) is 20.0. The van der Waals surface area contributed by atoms with Crippen molar-refractivity contribution in [3.05, 3.63) is 105 Å². The molecule has 4 atom stereocenters. The molecule has 2 N–H and O–H groups in total. The first kappa shape index (κ1) is 22.3. The average molecular weight is 483 g/mol. The van der Waals surface area contributed by atoms with Gasteiger partial charge >= 0.3 is 5.63 Å². The van der Waals surface area contributed by atoms with Crippen LogP contribution in [0.15, 0.2) is 87.6 Å². The van der Waals surface area contributed by atoms with Crippen molar-refractivity contribution in [1.82, 2.24) is 0 Å². The van der Waals surface area contributed by atoms with Gasteiger partial charge in [-0.05, 0) is 61.2 Å². The molecule has 6 heteroatoms. The summed E-state index contributed by atoms with van der Waals surface area (Å²) in [6.07, 6.45) is 2.77. The molecule has 6 rings (SSSR count). The Morgan fingerprint density at radius 2 is 1.69 bits per heavy atom. The number of ether oxygens (including phenoxy) is 2. The van der Waals surface area contributed by atoms with Gasteiger partial charge in [-0.1, -0.05) is 23.8 Å². The Balaban J connectivity index is 1.59. The van der Waals surface area contributed by atoms with Crippen LogP contribution >= 0.6 is 0 Å². The highest BCUT2D eigenvalue weighted by atomic mass is 16.5. The van der Waals surface area contributed by atoms with E-state index in [1.165, 1.54) is 11.6 Å². The van der Waals surface area contributed by atoms with Gasteiger partial charge in [0.1, 0.15) is 34.7 Å². The van der Waals surface area contributed by atoms with E-state index in [1.807, 2.05) is 18.2 Å². The minimum atomic E-state index is -0.409. The maximum Gasteiger partial charge on any atom is 0.336 e. The summed E-state index contributed by atoms with van der Waals surface area (Å²) >= 11 is 0. The van der Waals surface area contributed by atoms with Crippen LogP contribution in [0, 0.1) is 5.92 Å². The molecule has 0 bridgehead atoms. The fourth-order valence-electron chi connectivity index (χ4n) is 5.87. The molecule has 0 fully saturated rings. The Bertz CT molecular complexity index is 1550. The van der Waals surface area contributed by atoms with Gasteiger partial charge in [-0.15, -0.1) is 0 Å². The zero-order valence-electron chi connectivity index (χ0n) is 20.0. The molecule has 0 radical (unpaired) electrons. The Morgan fingerprint density at radius 1 is 0.917 bits per heavy atom. The average Bonchev–Trinajstić information content (AvgIpc) is 2.87. The van der Waals surface area contributed by atoms with E-state index >= 15 is 0 Å². The predicted molar refractivity (Wildman–Crippen MR) is 136 cm³/mol. The summed E-state index contributed by atoms with van der Waals surface area (Å²) in [7, 11) is 1.58. The van der Waals surface area contributed by atoms with Gasteiger partial charge in [0.25, 0.3) is 0 Å². The van der Waals surface area contributed by atoms with E-state index < -0.39 is 11.7 Å². The van der Waals surface area contributed by atoms with E-state index in [-0.39, 0.29) is 29.3 Å². The van der Waals surface area contributed by atoms with E-state index in [9.17, 15) is 15.0 Å². The fraction of sp³-hybridized carbons (Fsp3) is 0.233. The second-order valence-electron chi connectivity index (χ2n) is 9.67. The van der Waals surface area contributed by atoms with Gasteiger partial charge in [-0.2, -0.15) is 0 Å². The highest BCUT2D eigenvalue weighted by Gasteiger charge is 2.46. The number of benzene rings is 3. The van der Waals surface area contributed by atoms with E-state index in [4.69, 9.17) is 13.9 Å². The van der Waals surface area contributed by atoms with Crippen molar-refractivity contribution in [2.75, 3.05) is 7.11 Å². The zero-order chi connectivity index (χ0) is 25.0.